The number of benzene rings is 1. The first-order valence-electron chi connectivity index (χ1n) is 10.0. The Morgan fingerprint density at radius 1 is 1.21 bits per heavy atom. The Hall–Kier alpha value is -2.71. The Kier molecular flexibility index (Phi) is 7.77. The number of rotatable bonds is 9. The Labute approximate surface area is 170 Å². The highest BCUT2D eigenvalue weighted by molar-refractivity contribution is 5.91. The van der Waals surface area contributed by atoms with Gasteiger partial charge in [-0.25, -0.2) is 4.68 Å². The van der Waals surface area contributed by atoms with E-state index in [1.165, 1.54) is 16.8 Å². The van der Waals surface area contributed by atoms with Gasteiger partial charge in [-0.3, -0.25) is 14.5 Å². The van der Waals surface area contributed by atoms with Crippen LogP contribution in [0.4, 0.5) is 0 Å². The quantitative estimate of drug-likeness (QED) is 0.683. The molecule has 1 saturated heterocycles. The molecule has 8 nitrogen and oxygen atoms in total. The van der Waals surface area contributed by atoms with E-state index in [0.717, 1.165) is 50.6 Å². The summed E-state index contributed by atoms with van der Waals surface area (Å²) < 4.78 is 12.5. The van der Waals surface area contributed by atoms with Crippen LogP contribution < -0.4 is 15.6 Å². The number of hydrogen-bond donors (Lipinski definition) is 1. The number of aryl methyl sites for hydroxylation is 1. The summed E-state index contributed by atoms with van der Waals surface area (Å²) in [7, 11) is 0. The predicted molar refractivity (Wildman–Crippen MR) is 109 cm³/mol. The van der Waals surface area contributed by atoms with E-state index in [9.17, 15) is 9.59 Å². The SMILES string of the molecule is CCCn1nc(C(=O)NCc2cccc(OCCN3CCOCC3)c2)ccc1=O. The molecule has 0 aliphatic carbocycles. The maximum absolute atomic E-state index is 12.4. The van der Waals surface area contributed by atoms with Crippen molar-refractivity contribution in [3.8, 4) is 5.75 Å². The smallest absolute Gasteiger partial charge is 0.271 e. The number of carbonyl (C=O) groups excluding carboxylic acids is 1. The van der Waals surface area contributed by atoms with E-state index in [1.807, 2.05) is 31.2 Å². The van der Waals surface area contributed by atoms with Crippen LogP contribution in [0.5, 0.6) is 5.75 Å². The molecular formula is C21H28N4O4. The molecule has 1 aliphatic rings. The van der Waals surface area contributed by atoms with Gasteiger partial charge in [-0.1, -0.05) is 19.1 Å². The summed E-state index contributed by atoms with van der Waals surface area (Å²) in [5.41, 5.74) is 0.963. The molecule has 1 aromatic heterocycles. The van der Waals surface area contributed by atoms with Gasteiger partial charge in [0.05, 0.1) is 13.2 Å². The van der Waals surface area contributed by atoms with Gasteiger partial charge in [-0.15, -0.1) is 0 Å². The second-order valence-corrected chi connectivity index (χ2v) is 6.91. The fraction of sp³-hybridized carbons (Fsp3) is 0.476. The lowest BCUT2D eigenvalue weighted by molar-refractivity contribution is 0.0322. The van der Waals surface area contributed by atoms with E-state index < -0.39 is 0 Å². The van der Waals surface area contributed by atoms with Gasteiger partial charge in [0.25, 0.3) is 11.5 Å². The minimum absolute atomic E-state index is 0.203. The van der Waals surface area contributed by atoms with Crippen LogP contribution in [0.25, 0.3) is 0 Å². The molecule has 156 valence electrons. The third kappa shape index (κ3) is 6.40. The molecule has 0 saturated carbocycles. The van der Waals surface area contributed by atoms with E-state index in [0.29, 0.717) is 19.7 Å². The zero-order valence-electron chi connectivity index (χ0n) is 16.8. The fourth-order valence-electron chi connectivity index (χ4n) is 3.08. The number of ether oxygens (including phenoxy) is 2. The standard InChI is InChI=1S/C21H28N4O4/c1-2-8-25-20(26)7-6-19(23-25)21(27)22-16-17-4-3-5-18(15-17)29-14-11-24-9-12-28-13-10-24/h3-7,15H,2,8-14,16H2,1H3,(H,22,27). The normalized spacial score (nSPS) is 14.5. The lowest BCUT2D eigenvalue weighted by Gasteiger charge is -2.26. The molecule has 3 rings (SSSR count). The first-order valence-corrected chi connectivity index (χ1v) is 10.0. The van der Waals surface area contributed by atoms with E-state index in [-0.39, 0.29) is 17.2 Å². The van der Waals surface area contributed by atoms with Crippen molar-refractivity contribution in [3.63, 3.8) is 0 Å². The summed E-state index contributed by atoms with van der Waals surface area (Å²) in [6.07, 6.45) is 0.774. The van der Waals surface area contributed by atoms with Crippen molar-refractivity contribution >= 4 is 5.91 Å². The molecule has 2 aromatic rings. The summed E-state index contributed by atoms with van der Waals surface area (Å²) >= 11 is 0. The molecule has 0 spiro atoms. The number of nitrogens with zero attached hydrogens (tertiary/aromatic N) is 3. The number of aromatic nitrogens is 2. The first-order chi connectivity index (χ1) is 14.2. The molecule has 8 heteroatoms. The Bertz CT molecular complexity index is 862. The van der Waals surface area contributed by atoms with Crippen molar-refractivity contribution in [2.75, 3.05) is 39.5 Å². The molecule has 0 atom stereocenters. The molecule has 29 heavy (non-hydrogen) atoms. The predicted octanol–water partition coefficient (Wildman–Crippen LogP) is 1.29. The highest BCUT2D eigenvalue weighted by Crippen LogP contribution is 2.13. The average molecular weight is 400 g/mol. The lowest BCUT2D eigenvalue weighted by atomic mass is 10.2. The summed E-state index contributed by atoms with van der Waals surface area (Å²) in [5, 5.41) is 6.98. The Morgan fingerprint density at radius 2 is 2.03 bits per heavy atom. The number of morpholine rings is 1. The summed E-state index contributed by atoms with van der Waals surface area (Å²) in [4.78, 5) is 26.4. The molecule has 0 bridgehead atoms. The van der Waals surface area contributed by atoms with Gasteiger partial charge in [0.2, 0.25) is 0 Å². The monoisotopic (exact) mass is 400 g/mol. The van der Waals surface area contributed by atoms with E-state index in [4.69, 9.17) is 9.47 Å². The van der Waals surface area contributed by atoms with Crippen molar-refractivity contribution in [2.45, 2.75) is 26.4 Å². The second-order valence-electron chi connectivity index (χ2n) is 6.91. The van der Waals surface area contributed by atoms with Gasteiger partial charge >= 0.3 is 0 Å². The van der Waals surface area contributed by atoms with Crippen LogP contribution in [0.3, 0.4) is 0 Å². The molecule has 1 amide bonds. The number of nitrogens with one attached hydrogen (secondary N) is 1. The van der Waals surface area contributed by atoms with Gasteiger partial charge in [-0.2, -0.15) is 5.10 Å². The largest absolute Gasteiger partial charge is 0.492 e. The van der Waals surface area contributed by atoms with Crippen LogP contribution in [0.1, 0.15) is 29.4 Å². The summed E-state index contributed by atoms with van der Waals surface area (Å²) in [5.74, 6) is 0.466. The maximum Gasteiger partial charge on any atom is 0.271 e. The van der Waals surface area contributed by atoms with Crippen LogP contribution in [-0.2, 0) is 17.8 Å². The third-order valence-electron chi connectivity index (χ3n) is 4.67. The molecule has 2 heterocycles. The minimum atomic E-state index is -0.312. The zero-order valence-corrected chi connectivity index (χ0v) is 16.8. The molecule has 1 N–H and O–H groups in total. The van der Waals surface area contributed by atoms with Crippen LogP contribution in [0.2, 0.25) is 0 Å². The van der Waals surface area contributed by atoms with E-state index >= 15 is 0 Å². The molecule has 1 aliphatic heterocycles. The van der Waals surface area contributed by atoms with Gasteiger partial charge in [-0.05, 0) is 30.2 Å². The fourth-order valence-corrected chi connectivity index (χ4v) is 3.08. The first kappa shape index (κ1) is 21.0. The highest BCUT2D eigenvalue weighted by Gasteiger charge is 2.11. The topological polar surface area (TPSA) is 85.7 Å². The molecule has 1 aromatic carbocycles. The molecule has 0 radical (unpaired) electrons. The maximum atomic E-state index is 12.4. The Morgan fingerprint density at radius 3 is 2.83 bits per heavy atom. The number of carbonyl (C=O) groups is 1. The van der Waals surface area contributed by atoms with Crippen LogP contribution in [0, 0.1) is 0 Å². The third-order valence-corrected chi connectivity index (χ3v) is 4.67. The average Bonchev–Trinajstić information content (AvgIpc) is 2.75. The Balaban J connectivity index is 1.50. The van der Waals surface area contributed by atoms with Crippen LogP contribution in [-0.4, -0.2) is 60.0 Å². The van der Waals surface area contributed by atoms with Crippen molar-refractivity contribution in [2.24, 2.45) is 0 Å². The lowest BCUT2D eigenvalue weighted by Crippen LogP contribution is -2.38. The minimum Gasteiger partial charge on any atom is -0.492 e. The van der Waals surface area contributed by atoms with E-state index in [1.54, 1.807) is 0 Å². The van der Waals surface area contributed by atoms with Gasteiger partial charge in [0, 0.05) is 38.8 Å². The summed E-state index contributed by atoms with van der Waals surface area (Å²) in [6.45, 7) is 7.71. The highest BCUT2D eigenvalue weighted by atomic mass is 16.5. The van der Waals surface area contributed by atoms with Crippen molar-refractivity contribution in [1.82, 2.24) is 20.0 Å². The second kappa shape index (κ2) is 10.7. The number of hydrogen-bond acceptors (Lipinski definition) is 6. The number of amides is 1. The zero-order chi connectivity index (χ0) is 20.5. The van der Waals surface area contributed by atoms with Crippen molar-refractivity contribution in [1.29, 1.82) is 0 Å². The van der Waals surface area contributed by atoms with Crippen LogP contribution >= 0.6 is 0 Å². The van der Waals surface area contributed by atoms with Gasteiger partial charge in [0.1, 0.15) is 18.1 Å². The molecule has 0 unspecified atom stereocenters. The van der Waals surface area contributed by atoms with Crippen molar-refractivity contribution in [3.05, 3.63) is 58.0 Å². The van der Waals surface area contributed by atoms with Crippen molar-refractivity contribution < 1.29 is 14.3 Å². The van der Waals surface area contributed by atoms with Crippen LogP contribution in [0.15, 0.2) is 41.2 Å². The molecular weight excluding hydrogens is 372 g/mol. The van der Waals surface area contributed by atoms with Gasteiger partial charge < -0.3 is 14.8 Å². The van der Waals surface area contributed by atoms with Gasteiger partial charge in [0.15, 0.2) is 0 Å². The van der Waals surface area contributed by atoms with E-state index in [2.05, 4.69) is 15.3 Å². The summed E-state index contributed by atoms with van der Waals surface area (Å²) in [6, 6.07) is 10.5. The molecule has 1 fully saturated rings.